The van der Waals surface area contributed by atoms with E-state index in [9.17, 15) is 0 Å². The summed E-state index contributed by atoms with van der Waals surface area (Å²) in [5.74, 6) is 0.548. The summed E-state index contributed by atoms with van der Waals surface area (Å²) < 4.78 is 0. The van der Waals surface area contributed by atoms with Crippen LogP contribution in [0.5, 0.6) is 0 Å². The minimum Gasteiger partial charge on any atom is -0.324 e. The molecule has 0 unspecified atom stereocenters. The lowest BCUT2D eigenvalue weighted by molar-refractivity contribution is 0.504. The zero-order chi connectivity index (χ0) is 11.3. The van der Waals surface area contributed by atoms with Crippen LogP contribution < -0.4 is 5.73 Å². The van der Waals surface area contributed by atoms with Gasteiger partial charge >= 0.3 is 0 Å². The molecule has 0 saturated carbocycles. The Kier molecular flexibility index (Phi) is 7.11. The van der Waals surface area contributed by atoms with E-state index in [-0.39, 0.29) is 18.4 Å². The first-order valence-corrected chi connectivity index (χ1v) is 5.64. The van der Waals surface area contributed by atoms with Crippen LogP contribution >= 0.6 is 12.4 Å². The number of benzene rings is 1. The van der Waals surface area contributed by atoms with Crippen LogP contribution in [0.2, 0.25) is 0 Å². The highest BCUT2D eigenvalue weighted by atomic mass is 35.5. The van der Waals surface area contributed by atoms with Crippen molar-refractivity contribution < 1.29 is 0 Å². The summed E-state index contributed by atoms with van der Waals surface area (Å²) in [5.41, 5.74) is 8.53. The van der Waals surface area contributed by atoms with Crippen molar-refractivity contribution in [2.24, 2.45) is 11.7 Å². The second kappa shape index (κ2) is 7.48. The van der Waals surface area contributed by atoms with Crippen molar-refractivity contribution >= 4 is 18.5 Å². The Morgan fingerprint density at radius 1 is 1.25 bits per heavy atom. The Hall–Kier alpha value is -0.790. The molecule has 0 heterocycles. The monoisotopic (exact) mass is 239 g/mol. The van der Waals surface area contributed by atoms with Crippen molar-refractivity contribution in [3.8, 4) is 0 Å². The lowest BCUT2D eigenvalue weighted by Gasteiger charge is -2.13. The molecular weight excluding hydrogens is 218 g/mol. The van der Waals surface area contributed by atoms with Crippen LogP contribution in [0.25, 0.3) is 6.08 Å². The summed E-state index contributed by atoms with van der Waals surface area (Å²) in [6.45, 7) is 6.45. The van der Waals surface area contributed by atoms with Crippen LogP contribution in [0.3, 0.4) is 0 Å². The van der Waals surface area contributed by atoms with Crippen molar-refractivity contribution in [1.29, 1.82) is 0 Å². The van der Waals surface area contributed by atoms with E-state index in [0.717, 1.165) is 6.42 Å². The topological polar surface area (TPSA) is 26.0 Å². The van der Waals surface area contributed by atoms with Gasteiger partial charge in [-0.15, -0.1) is 12.4 Å². The molecule has 1 aromatic carbocycles. The minimum absolute atomic E-state index is 0. The number of hydrogen-bond donors (Lipinski definition) is 1. The Morgan fingerprint density at radius 2 is 1.81 bits per heavy atom. The molecule has 0 aromatic heterocycles. The Balaban J connectivity index is 0.00000225. The van der Waals surface area contributed by atoms with Gasteiger partial charge in [-0.25, -0.2) is 0 Å². The van der Waals surface area contributed by atoms with Crippen molar-refractivity contribution in [3.05, 3.63) is 41.5 Å². The number of halogens is 1. The van der Waals surface area contributed by atoms with E-state index < -0.39 is 0 Å². The van der Waals surface area contributed by atoms with Crippen molar-refractivity contribution in [2.45, 2.75) is 33.2 Å². The molecule has 2 atom stereocenters. The van der Waals surface area contributed by atoms with Gasteiger partial charge in [0.15, 0.2) is 0 Å². The van der Waals surface area contributed by atoms with Crippen molar-refractivity contribution in [2.75, 3.05) is 0 Å². The molecular formula is C14H22ClN. The van der Waals surface area contributed by atoms with Gasteiger partial charge in [0.05, 0.1) is 0 Å². The highest BCUT2D eigenvalue weighted by Crippen LogP contribution is 2.10. The summed E-state index contributed by atoms with van der Waals surface area (Å²) in [4.78, 5) is 0. The van der Waals surface area contributed by atoms with E-state index in [1.54, 1.807) is 0 Å². The molecule has 0 radical (unpaired) electrons. The van der Waals surface area contributed by atoms with Crippen molar-refractivity contribution in [3.63, 3.8) is 0 Å². The van der Waals surface area contributed by atoms with Gasteiger partial charge in [0.1, 0.15) is 0 Å². The first kappa shape index (κ1) is 15.2. The second-order valence-electron chi connectivity index (χ2n) is 4.23. The average Bonchev–Trinajstić information content (AvgIpc) is 2.26. The Labute approximate surface area is 105 Å². The normalized spacial score (nSPS) is 14.5. The van der Waals surface area contributed by atoms with Crippen LogP contribution in [-0.2, 0) is 0 Å². The van der Waals surface area contributed by atoms with Gasteiger partial charge in [0.2, 0.25) is 0 Å². The first-order chi connectivity index (χ1) is 7.13. The fraction of sp³-hybridized carbons (Fsp3) is 0.429. The molecule has 1 aromatic rings. The second-order valence-corrected chi connectivity index (χ2v) is 4.23. The quantitative estimate of drug-likeness (QED) is 0.850. The van der Waals surface area contributed by atoms with E-state index in [0.29, 0.717) is 5.92 Å². The summed E-state index contributed by atoms with van der Waals surface area (Å²) in [6, 6.07) is 8.64. The summed E-state index contributed by atoms with van der Waals surface area (Å²) >= 11 is 0. The first-order valence-electron chi connectivity index (χ1n) is 5.64. The van der Waals surface area contributed by atoms with Crippen molar-refractivity contribution in [1.82, 2.24) is 0 Å². The molecule has 2 heteroatoms. The number of rotatable bonds is 4. The third-order valence-electron chi connectivity index (χ3n) is 2.89. The van der Waals surface area contributed by atoms with Gasteiger partial charge in [0, 0.05) is 6.04 Å². The summed E-state index contributed by atoms with van der Waals surface area (Å²) in [5, 5.41) is 0. The average molecular weight is 240 g/mol. The molecule has 0 amide bonds. The minimum atomic E-state index is 0. The molecule has 0 aliphatic carbocycles. The maximum Gasteiger partial charge on any atom is 0.0252 e. The molecule has 0 spiro atoms. The molecule has 1 nitrogen and oxygen atoms in total. The van der Waals surface area contributed by atoms with E-state index >= 15 is 0 Å². The van der Waals surface area contributed by atoms with Crippen LogP contribution in [0.1, 0.15) is 31.4 Å². The lowest BCUT2D eigenvalue weighted by atomic mass is 9.99. The highest BCUT2D eigenvalue weighted by molar-refractivity contribution is 5.85. The maximum absolute atomic E-state index is 6.02. The van der Waals surface area contributed by atoms with E-state index in [4.69, 9.17) is 5.73 Å². The van der Waals surface area contributed by atoms with Gasteiger partial charge in [-0.2, -0.15) is 0 Å². The third kappa shape index (κ3) is 4.82. The van der Waals surface area contributed by atoms with E-state index in [1.807, 2.05) is 0 Å². The smallest absolute Gasteiger partial charge is 0.0252 e. The third-order valence-corrected chi connectivity index (χ3v) is 2.89. The molecule has 0 bridgehead atoms. The lowest BCUT2D eigenvalue weighted by Crippen LogP contribution is -2.24. The SMILES string of the molecule is CC[C@H](C)[C@H](N)/C=C/c1ccc(C)cc1.Cl. The molecule has 0 saturated heterocycles. The van der Waals surface area contributed by atoms with Gasteiger partial charge in [-0.1, -0.05) is 62.2 Å². The zero-order valence-electron chi connectivity index (χ0n) is 10.3. The largest absolute Gasteiger partial charge is 0.324 e. The van der Waals surface area contributed by atoms with Crippen LogP contribution in [-0.4, -0.2) is 6.04 Å². The standard InChI is InChI=1S/C14H21N.ClH/c1-4-12(3)14(15)10-9-13-7-5-11(2)6-8-13;/h5-10,12,14H,4,15H2,1-3H3;1H/b10-9+;/t12-,14+;/m0./s1. The highest BCUT2D eigenvalue weighted by Gasteiger charge is 2.05. The van der Waals surface area contributed by atoms with E-state index in [1.165, 1.54) is 11.1 Å². The predicted molar refractivity (Wildman–Crippen MR) is 74.9 cm³/mol. The molecule has 1 rings (SSSR count). The van der Waals surface area contributed by atoms with Gasteiger partial charge in [-0.3, -0.25) is 0 Å². The molecule has 0 fully saturated rings. The maximum atomic E-state index is 6.02. The molecule has 90 valence electrons. The Bertz CT molecular complexity index is 316. The van der Waals surface area contributed by atoms with Gasteiger partial charge < -0.3 is 5.73 Å². The Morgan fingerprint density at radius 3 is 2.31 bits per heavy atom. The van der Waals surface area contributed by atoms with Crippen LogP contribution in [0, 0.1) is 12.8 Å². The predicted octanol–water partition coefficient (Wildman–Crippen LogP) is 3.80. The van der Waals surface area contributed by atoms with Gasteiger partial charge in [-0.05, 0) is 18.4 Å². The fourth-order valence-electron chi connectivity index (χ4n) is 1.36. The van der Waals surface area contributed by atoms with E-state index in [2.05, 4.69) is 57.2 Å². The number of hydrogen-bond acceptors (Lipinski definition) is 1. The summed E-state index contributed by atoms with van der Waals surface area (Å²) in [7, 11) is 0. The molecule has 0 aliphatic rings. The zero-order valence-corrected chi connectivity index (χ0v) is 11.1. The summed E-state index contributed by atoms with van der Waals surface area (Å²) in [6.07, 6.45) is 5.33. The molecule has 2 N–H and O–H groups in total. The number of aryl methyl sites for hydroxylation is 1. The van der Waals surface area contributed by atoms with Gasteiger partial charge in [0.25, 0.3) is 0 Å². The fourth-order valence-corrected chi connectivity index (χ4v) is 1.36. The van der Waals surface area contributed by atoms with Crippen LogP contribution in [0.15, 0.2) is 30.3 Å². The van der Waals surface area contributed by atoms with Crippen LogP contribution in [0.4, 0.5) is 0 Å². The molecule has 16 heavy (non-hydrogen) atoms. The molecule has 0 aliphatic heterocycles. The number of nitrogens with two attached hydrogens (primary N) is 1.